The van der Waals surface area contributed by atoms with Crippen molar-refractivity contribution in [3.8, 4) is 0 Å². The molecule has 0 fully saturated rings. The maximum atomic E-state index is 8.49. The van der Waals surface area contributed by atoms with Gasteiger partial charge >= 0.3 is 0 Å². The van der Waals surface area contributed by atoms with Gasteiger partial charge in [0.25, 0.3) is 0 Å². The summed E-state index contributed by atoms with van der Waals surface area (Å²) < 4.78 is 0.810. The van der Waals surface area contributed by atoms with Crippen LogP contribution in [0, 0.1) is 0 Å². The van der Waals surface area contributed by atoms with Crippen LogP contribution in [0.3, 0.4) is 0 Å². The predicted molar refractivity (Wildman–Crippen MR) is 47.8 cm³/mol. The van der Waals surface area contributed by atoms with Crippen LogP contribution >= 0.6 is 22.6 Å². The number of aliphatic hydroxyl groups excluding tert-OH is 1. The van der Waals surface area contributed by atoms with Crippen molar-refractivity contribution in [2.24, 2.45) is 5.73 Å². The first-order valence-corrected chi connectivity index (χ1v) is 4.13. The van der Waals surface area contributed by atoms with E-state index < -0.39 is 0 Å². The first-order chi connectivity index (χ1) is 4.35. The van der Waals surface area contributed by atoms with E-state index in [-0.39, 0.29) is 0 Å². The summed E-state index contributed by atoms with van der Waals surface area (Å²) in [6.07, 6.45) is 4.71. The predicted octanol–water partition coefficient (Wildman–Crippen LogP) is 1.38. The minimum atomic E-state index is 0.522. The average Bonchev–Trinajstić information content (AvgIpc) is 1.91. The molecule has 0 amide bonds. The number of alkyl halides is 1. The minimum absolute atomic E-state index is 0.522. The number of hydrogen-bond donors (Lipinski definition) is 2. The smallest absolute Gasteiger partial charge is 0.0831 e. The van der Waals surface area contributed by atoms with Crippen LogP contribution in [0.15, 0.2) is 24.0 Å². The molecule has 0 heterocycles. The summed E-state index contributed by atoms with van der Waals surface area (Å²) in [4.78, 5) is 0. The van der Waals surface area contributed by atoms with E-state index in [2.05, 4.69) is 22.6 Å². The second kappa shape index (κ2) is 6.10. The molecule has 0 atom stereocenters. The van der Waals surface area contributed by atoms with Gasteiger partial charge in [-0.1, -0.05) is 34.7 Å². The van der Waals surface area contributed by atoms with Crippen LogP contribution in [0.5, 0.6) is 0 Å². The van der Waals surface area contributed by atoms with E-state index >= 15 is 0 Å². The Hall–Kier alpha value is -0.0300. The van der Waals surface area contributed by atoms with E-state index in [1.165, 1.54) is 0 Å². The number of allylic oxidation sites excluding steroid dienone is 2. The van der Waals surface area contributed by atoms with E-state index in [0.29, 0.717) is 6.54 Å². The molecule has 0 aliphatic carbocycles. The Morgan fingerprint density at radius 3 is 2.67 bits per heavy atom. The minimum Gasteiger partial charge on any atom is -0.515 e. The molecule has 0 saturated carbocycles. The monoisotopic (exact) mass is 239 g/mol. The topological polar surface area (TPSA) is 46.2 Å². The third-order valence-electron chi connectivity index (χ3n) is 0.788. The molecule has 9 heavy (non-hydrogen) atoms. The van der Waals surface area contributed by atoms with Crippen molar-refractivity contribution in [1.29, 1.82) is 0 Å². The second-order valence-corrected chi connectivity index (χ2v) is 2.24. The third kappa shape index (κ3) is 4.47. The number of halogens is 1. The summed E-state index contributed by atoms with van der Waals surface area (Å²) in [5.74, 6) is 0. The van der Waals surface area contributed by atoms with Crippen molar-refractivity contribution < 1.29 is 5.11 Å². The number of rotatable bonds is 3. The highest BCUT2D eigenvalue weighted by Crippen LogP contribution is 1.99. The Bertz CT molecular complexity index is 120. The molecule has 0 aromatic carbocycles. The fourth-order valence-corrected chi connectivity index (χ4v) is 0.793. The summed E-state index contributed by atoms with van der Waals surface area (Å²) in [5, 5.41) is 8.49. The van der Waals surface area contributed by atoms with Crippen LogP contribution in [0.25, 0.3) is 0 Å². The normalized spacial score (nSPS) is 12.9. The van der Waals surface area contributed by atoms with Gasteiger partial charge in [-0.05, 0) is 5.57 Å². The lowest BCUT2D eigenvalue weighted by Gasteiger charge is -1.89. The molecule has 0 rings (SSSR count). The standard InChI is InChI=1S/C6H10INO/c7-4-6(5-9)2-1-3-8/h1-2,5,9H,3-4,8H2/b2-1+,6-5-. The molecule has 0 unspecified atom stereocenters. The molecule has 0 aromatic heterocycles. The van der Waals surface area contributed by atoms with Crippen molar-refractivity contribution in [3.63, 3.8) is 0 Å². The van der Waals surface area contributed by atoms with Crippen LogP contribution < -0.4 is 5.73 Å². The highest BCUT2D eigenvalue weighted by Gasteiger charge is 1.84. The van der Waals surface area contributed by atoms with Gasteiger partial charge in [-0.3, -0.25) is 0 Å². The van der Waals surface area contributed by atoms with Gasteiger partial charge < -0.3 is 10.8 Å². The Morgan fingerprint density at radius 2 is 2.33 bits per heavy atom. The molecule has 3 N–H and O–H groups in total. The lowest BCUT2D eigenvalue weighted by molar-refractivity contribution is 0.469. The van der Waals surface area contributed by atoms with Crippen LogP contribution in [-0.2, 0) is 0 Å². The van der Waals surface area contributed by atoms with E-state index in [4.69, 9.17) is 10.8 Å². The zero-order valence-electron chi connectivity index (χ0n) is 5.05. The van der Waals surface area contributed by atoms with E-state index in [0.717, 1.165) is 16.3 Å². The number of hydrogen-bond acceptors (Lipinski definition) is 2. The highest BCUT2D eigenvalue weighted by molar-refractivity contribution is 14.1. The van der Waals surface area contributed by atoms with E-state index in [1.807, 2.05) is 6.08 Å². The van der Waals surface area contributed by atoms with Gasteiger partial charge in [-0.2, -0.15) is 0 Å². The van der Waals surface area contributed by atoms with Gasteiger partial charge in [0, 0.05) is 11.0 Å². The molecule has 3 heteroatoms. The Kier molecular flexibility index (Phi) is 6.08. The quantitative estimate of drug-likeness (QED) is 0.338. The lowest BCUT2D eigenvalue weighted by Crippen LogP contribution is -1.92. The largest absolute Gasteiger partial charge is 0.515 e. The zero-order valence-corrected chi connectivity index (χ0v) is 7.21. The van der Waals surface area contributed by atoms with Crippen molar-refractivity contribution in [2.45, 2.75) is 0 Å². The molecule has 2 nitrogen and oxygen atoms in total. The molecule has 52 valence electrons. The summed E-state index contributed by atoms with van der Waals surface area (Å²) in [6, 6.07) is 0. The Balaban J connectivity index is 3.70. The summed E-state index contributed by atoms with van der Waals surface area (Å²) in [7, 11) is 0. The molecular formula is C6H10INO. The van der Waals surface area contributed by atoms with Gasteiger partial charge in [0.05, 0.1) is 6.26 Å². The van der Waals surface area contributed by atoms with Crippen molar-refractivity contribution in [2.75, 3.05) is 11.0 Å². The average molecular weight is 239 g/mol. The first kappa shape index (κ1) is 8.97. The summed E-state index contributed by atoms with van der Waals surface area (Å²) in [6.45, 7) is 0.522. The Labute approximate surface area is 68.6 Å². The number of nitrogens with two attached hydrogens (primary N) is 1. The van der Waals surface area contributed by atoms with Gasteiger partial charge in [0.1, 0.15) is 0 Å². The fraction of sp³-hybridized carbons (Fsp3) is 0.333. The van der Waals surface area contributed by atoms with Gasteiger partial charge in [0.2, 0.25) is 0 Å². The van der Waals surface area contributed by atoms with Crippen molar-refractivity contribution in [3.05, 3.63) is 24.0 Å². The van der Waals surface area contributed by atoms with Crippen LogP contribution in [0.2, 0.25) is 0 Å². The van der Waals surface area contributed by atoms with Crippen LogP contribution in [0.1, 0.15) is 0 Å². The molecule has 0 aliphatic rings. The molecule has 0 bridgehead atoms. The van der Waals surface area contributed by atoms with Gasteiger partial charge in [-0.15, -0.1) is 0 Å². The number of aliphatic hydroxyl groups is 1. The molecular weight excluding hydrogens is 229 g/mol. The zero-order chi connectivity index (χ0) is 7.11. The first-order valence-electron chi connectivity index (χ1n) is 2.61. The van der Waals surface area contributed by atoms with Crippen molar-refractivity contribution in [1.82, 2.24) is 0 Å². The fourth-order valence-electron chi connectivity index (χ4n) is 0.341. The maximum Gasteiger partial charge on any atom is 0.0831 e. The van der Waals surface area contributed by atoms with E-state index in [1.54, 1.807) is 6.08 Å². The summed E-state index contributed by atoms with van der Waals surface area (Å²) in [5.41, 5.74) is 6.08. The maximum absolute atomic E-state index is 8.49. The third-order valence-corrected chi connectivity index (χ3v) is 1.67. The van der Waals surface area contributed by atoms with E-state index in [9.17, 15) is 0 Å². The van der Waals surface area contributed by atoms with Crippen LogP contribution in [-0.4, -0.2) is 16.1 Å². The molecule has 0 aliphatic heterocycles. The van der Waals surface area contributed by atoms with Crippen LogP contribution in [0.4, 0.5) is 0 Å². The molecule has 0 saturated heterocycles. The lowest BCUT2D eigenvalue weighted by atomic mass is 10.3. The second-order valence-electron chi connectivity index (χ2n) is 1.48. The molecule has 0 spiro atoms. The van der Waals surface area contributed by atoms with Gasteiger partial charge in [0.15, 0.2) is 0 Å². The van der Waals surface area contributed by atoms with Gasteiger partial charge in [-0.25, -0.2) is 0 Å². The molecule has 0 radical (unpaired) electrons. The van der Waals surface area contributed by atoms with Crippen molar-refractivity contribution >= 4 is 22.6 Å². The highest BCUT2D eigenvalue weighted by atomic mass is 127. The molecule has 0 aromatic rings. The Morgan fingerprint density at radius 1 is 1.67 bits per heavy atom. The summed E-state index contributed by atoms with van der Waals surface area (Å²) >= 11 is 2.17. The SMILES string of the molecule is NC/C=C/C(=C/O)CI.